The summed E-state index contributed by atoms with van der Waals surface area (Å²) in [4.78, 5) is 13.9. The molecule has 2 unspecified atom stereocenters. The van der Waals surface area contributed by atoms with E-state index in [2.05, 4.69) is 0 Å². The summed E-state index contributed by atoms with van der Waals surface area (Å²) >= 11 is 0. The molecule has 1 aromatic rings. The Morgan fingerprint density at radius 1 is 1.47 bits per heavy atom. The molecule has 0 bridgehead atoms. The summed E-state index contributed by atoms with van der Waals surface area (Å²) in [7, 11) is 0. The molecular weight excluding hydrogens is 250 g/mol. The molecule has 5 heteroatoms. The molecule has 0 saturated carbocycles. The predicted octanol–water partition coefficient (Wildman–Crippen LogP) is 1.70. The normalized spacial score (nSPS) is 22.8. The lowest BCUT2D eigenvalue weighted by Gasteiger charge is -2.21. The van der Waals surface area contributed by atoms with E-state index in [1.165, 1.54) is 0 Å². The number of halogens is 2. The summed E-state index contributed by atoms with van der Waals surface area (Å²) in [5.74, 6) is -0.945. The van der Waals surface area contributed by atoms with Crippen molar-refractivity contribution in [1.82, 2.24) is 4.90 Å². The summed E-state index contributed by atoms with van der Waals surface area (Å²) in [6.07, 6.45) is 0.763. The van der Waals surface area contributed by atoms with Crippen molar-refractivity contribution in [3.8, 4) is 0 Å². The Bertz CT molecular complexity index is 479. The number of carbonyl (C=O) groups excluding carboxylic acids is 1. The van der Waals surface area contributed by atoms with Gasteiger partial charge in [0.2, 0.25) is 5.91 Å². The maximum atomic E-state index is 13.5. The minimum absolute atomic E-state index is 0.105. The number of amides is 1. The van der Waals surface area contributed by atoms with Crippen molar-refractivity contribution in [1.29, 1.82) is 0 Å². The van der Waals surface area contributed by atoms with Crippen molar-refractivity contribution >= 4 is 5.91 Å². The van der Waals surface area contributed by atoms with Crippen LogP contribution in [0.3, 0.4) is 0 Å². The number of rotatable bonds is 3. The number of hydrogen-bond acceptors (Lipinski definition) is 2. The molecule has 1 heterocycles. The summed E-state index contributed by atoms with van der Waals surface area (Å²) in [5.41, 5.74) is 5.71. The Morgan fingerprint density at radius 2 is 2.21 bits per heavy atom. The fourth-order valence-electron chi connectivity index (χ4n) is 2.60. The van der Waals surface area contributed by atoms with Crippen molar-refractivity contribution < 1.29 is 13.6 Å². The van der Waals surface area contributed by atoms with E-state index in [4.69, 9.17) is 5.73 Å². The van der Waals surface area contributed by atoms with Crippen molar-refractivity contribution in [3.05, 3.63) is 35.4 Å². The topological polar surface area (TPSA) is 46.3 Å². The summed E-state index contributed by atoms with van der Waals surface area (Å²) < 4.78 is 26.6. The summed E-state index contributed by atoms with van der Waals surface area (Å²) in [5, 5.41) is 0. The van der Waals surface area contributed by atoms with Gasteiger partial charge >= 0.3 is 0 Å². The molecule has 3 nitrogen and oxygen atoms in total. The van der Waals surface area contributed by atoms with Crippen LogP contribution in [0.1, 0.15) is 18.9 Å². The fraction of sp³-hybridized carbons (Fsp3) is 0.500. The average Bonchev–Trinajstić information content (AvgIpc) is 2.75. The third kappa shape index (κ3) is 3.10. The Morgan fingerprint density at radius 3 is 2.84 bits per heavy atom. The SMILES string of the molecule is CC1CC(CN)CN1C(=O)Cc1cc(F)ccc1F. The van der Waals surface area contributed by atoms with Crippen LogP contribution in [-0.2, 0) is 11.2 Å². The average molecular weight is 268 g/mol. The Kier molecular flexibility index (Phi) is 4.14. The van der Waals surface area contributed by atoms with E-state index in [0.29, 0.717) is 19.0 Å². The van der Waals surface area contributed by atoms with Crippen LogP contribution in [0.4, 0.5) is 8.78 Å². The minimum Gasteiger partial charge on any atom is -0.339 e. The van der Waals surface area contributed by atoms with Crippen LogP contribution < -0.4 is 5.73 Å². The van der Waals surface area contributed by atoms with Gasteiger partial charge in [0.05, 0.1) is 6.42 Å². The largest absolute Gasteiger partial charge is 0.339 e. The summed E-state index contributed by atoms with van der Waals surface area (Å²) in [6.45, 7) is 3.10. The number of benzene rings is 1. The lowest BCUT2D eigenvalue weighted by atomic mass is 10.1. The lowest BCUT2D eigenvalue weighted by Crippen LogP contribution is -2.35. The molecule has 19 heavy (non-hydrogen) atoms. The van der Waals surface area contributed by atoms with Crippen molar-refractivity contribution in [2.75, 3.05) is 13.1 Å². The molecule has 2 rings (SSSR count). The Hall–Kier alpha value is -1.49. The smallest absolute Gasteiger partial charge is 0.227 e. The first-order valence-corrected chi connectivity index (χ1v) is 6.44. The molecular formula is C14H18F2N2O. The van der Waals surface area contributed by atoms with Crippen LogP contribution in [0, 0.1) is 17.6 Å². The highest BCUT2D eigenvalue weighted by Crippen LogP contribution is 2.23. The molecule has 1 aliphatic heterocycles. The fourth-order valence-corrected chi connectivity index (χ4v) is 2.60. The Labute approximate surface area is 111 Å². The van der Waals surface area contributed by atoms with Crippen molar-refractivity contribution in [2.45, 2.75) is 25.8 Å². The maximum absolute atomic E-state index is 13.5. The summed E-state index contributed by atoms with van der Waals surface area (Å²) in [6, 6.07) is 3.28. The minimum atomic E-state index is -0.544. The van der Waals surface area contributed by atoms with Crippen LogP contribution in [0.25, 0.3) is 0 Å². The molecule has 2 atom stereocenters. The molecule has 0 radical (unpaired) electrons. The molecule has 1 aliphatic rings. The van der Waals surface area contributed by atoms with E-state index in [0.717, 1.165) is 24.6 Å². The Balaban J connectivity index is 2.07. The molecule has 0 aromatic heterocycles. The van der Waals surface area contributed by atoms with Crippen LogP contribution in [0.5, 0.6) is 0 Å². The standard InChI is InChI=1S/C14H18F2N2O/c1-9-4-10(7-17)8-18(9)14(19)6-11-5-12(15)2-3-13(11)16/h2-3,5,9-10H,4,6-8,17H2,1H3. The first kappa shape index (κ1) is 13.9. The molecule has 0 aliphatic carbocycles. The van der Waals surface area contributed by atoms with E-state index in [9.17, 15) is 13.6 Å². The van der Waals surface area contributed by atoms with Gasteiger partial charge in [-0.25, -0.2) is 8.78 Å². The molecule has 1 fully saturated rings. The zero-order chi connectivity index (χ0) is 14.0. The molecule has 1 amide bonds. The highest BCUT2D eigenvalue weighted by molar-refractivity contribution is 5.79. The number of likely N-dealkylation sites (tertiary alicyclic amines) is 1. The predicted molar refractivity (Wildman–Crippen MR) is 68.4 cm³/mol. The van der Waals surface area contributed by atoms with Gasteiger partial charge in [-0.3, -0.25) is 4.79 Å². The molecule has 2 N–H and O–H groups in total. The third-order valence-electron chi connectivity index (χ3n) is 3.66. The van der Waals surface area contributed by atoms with Gasteiger partial charge in [-0.05, 0) is 44.0 Å². The first-order chi connectivity index (χ1) is 9.01. The van der Waals surface area contributed by atoms with E-state index < -0.39 is 11.6 Å². The third-order valence-corrected chi connectivity index (χ3v) is 3.66. The number of carbonyl (C=O) groups is 1. The monoisotopic (exact) mass is 268 g/mol. The van der Waals surface area contributed by atoms with E-state index in [1.54, 1.807) is 4.90 Å². The lowest BCUT2D eigenvalue weighted by molar-refractivity contribution is -0.131. The van der Waals surface area contributed by atoms with Crippen molar-refractivity contribution in [3.63, 3.8) is 0 Å². The molecule has 104 valence electrons. The molecule has 0 spiro atoms. The second-order valence-corrected chi connectivity index (χ2v) is 5.15. The number of nitrogens with two attached hydrogens (primary N) is 1. The van der Waals surface area contributed by atoms with Crippen molar-refractivity contribution in [2.24, 2.45) is 11.7 Å². The van der Waals surface area contributed by atoms with Gasteiger partial charge in [0.25, 0.3) is 0 Å². The maximum Gasteiger partial charge on any atom is 0.227 e. The molecule has 1 aromatic carbocycles. The van der Waals surface area contributed by atoms with Gasteiger partial charge < -0.3 is 10.6 Å². The van der Waals surface area contributed by atoms with Gasteiger partial charge in [-0.15, -0.1) is 0 Å². The zero-order valence-corrected chi connectivity index (χ0v) is 10.9. The van der Waals surface area contributed by atoms with Crippen LogP contribution in [0.15, 0.2) is 18.2 Å². The second kappa shape index (κ2) is 5.65. The van der Waals surface area contributed by atoms with Crippen LogP contribution in [0.2, 0.25) is 0 Å². The van der Waals surface area contributed by atoms with Gasteiger partial charge in [0, 0.05) is 18.2 Å². The van der Waals surface area contributed by atoms with Gasteiger partial charge in [-0.1, -0.05) is 0 Å². The van der Waals surface area contributed by atoms with Gasteiger partial charge in [-0.2, -0.15) is 0 Å². The van der Waals surface area contributed by atoms with Gasteiger partial charge in [0.15, 0.2) is 0 Å². The van der Waals surface area contributed by atoms with E-state index in [-0.39, 0.29) is 23.9 Å². The molecule has 1 saturated heterocycles. The zero-order valence-electron chi connectivity index (χ0n) is 10.9. The second-order valence-electron chi connectivity index (χ2n) is 5.15. The number of hydrogen-bond donors (Lipinski definition) is 1. The first-order valence-electron chi connectivity index (χ1n) is 6.44. The van der Waals surface area contributed by atoms with Gasteiger partial charge in [0.1, 0.15) is 11.6 Å². The van der Waals surface area contributed by atoms with E-state index in [1.807, 2.05) is 6.92 Å². The quantitative estimate of drug-likeness (QED) is 0.907. The van der Waals surface area contributed by atoms with Crippen LogP contribution in [-0.4, -0.2) is 29.9 Å². The highest BCUT2D eigenvalue weighted by atomic mass is 19.1. The number of nitrogens with zero attached hydrogens (tertiary/aromatic N) is 1. The van der Waals surface area contributed by atoms with E-state index >= 15 is 0 Å². The highest BCUT2D eigenvalue weighted by Gasteiger charge is 2.31. The van der Waals surface area contributed by atoms with Crippen LogP contribution >= 0.6 is 0 Å².